The minimum Gasteiger partial charge on any atom is -0.495 e. The monoisotopic (exact) mass is 459 g/mol. The minimum absolute atomic E-state index is 0.0278. The van der Waals surface area contributed by atoms with Crippen LogP contribution in [0.1, 0.15) is 23.2 Å². The number of hydrogen-bond acceptors (Lipinski definition) is 8. The van der Waals surface area contributed by atoms with Crippen molar-refractivity contribution in [2.75, 3.05) is 64.1 Å². The number of halogens is 1. The number of carbonyl (C=O) groups excluding carboxylic acids is 1. The Hall–Kier alpha value is -2.62. The van der Waals surface area contributed by atoms with Crippen LogP contribution < -0.4 is 20.7 Å². The van der Waals surface area contributed by atoms with E-state index in [0.29, 0.717) is 39.8 Å². The molecule has 3 N–H and O–H groups in total. The first-order valence-electron chi connectivity index (χ1n) is 11.0. The lowest BCUT2D eigenvalue weighted by molar-refractivity contribution is 0.0532. The standard InChI is InChI=1S/C22H30ClN7O2/c1-24-20-17(23)14-26-22(28-20)27-18-4-3-15(13-19(18)32-2)21(31)30-11-9-29(10-12-30)16-5-7-25-8-6-16/h3-4,13-14,16,25H,5-12H2,1-2H3,(H2,24,26,27,28). The Morgan fingerprint density at radius 3 is 2.66 bits per heavy atom. The van der Waals surface area contributed by atoms with Crippen molar-refractivity contribution >= 4 is 35.0 Å². The highest BCUT2D eigenvalue weighted by atomic mass is 35.5. The fraction of sp³-hybridized carbons (Fsp3) is 0.500. The van der Waals surface area contributed by atoms with Gasteiger partial charge in [0.15, 0.2) is 0 Å². The lowest BCUT2D eigenvalue weighted by Crippen LogP contribution is -2.53. The predicted octanol–water partition coefficient (Wildman–Crippen LogP) is 2.43. The number of amides is 1. The normalized spacial score (nSPS) is 17.8. The Bertz CT molecular complexity index is 944. The van der Waals surface area contributed by atoms with Gasteiger partial charge >= 0.3 is 0 Å². The van der Waals surface area contributed by atoms with Crippen LogP contribution in [0.5, 0.6) is 5.75 Å². The minimum atomic E-state index is 0.0278. The van der Waals surface area contributed by atoms with E-state index in [1.54, 1.807) is 26.3 Å². The zero-order valence-corrected chi connectivity index (χ0v) is 19.3. The molecule has 10 heteroatoms. The molecule has 0 spiro atoms. The Morgan fingerprint density at radius 1 is 1.22 bits per heavy atom. The van der Waals surface area contributed by atoms with E-state index >= 15 is 0 Å². The van der Waals surface area contributed by atoms with E-state index in [9.17, 15) is 4.79 Å². The molecule has 1 aromatic heterocycles. The van der Waals surface area contributed by atoms with Crippen molar-refractivity contribution in [3.63, 3.8) is 0 Å². The van der Waals surface area contributed by atoms with Crippen LogP contribution in [0.25, 0.3) is 0 Å². The van der Waals surface area contributed by atoms with Gasteiger partial charge < -0.3 is 25.6 Å². The molecular formula is C22H30ClN7O2. The first-order chi connectivity index (χ1) is 15.6. The maximum absolute atomic E-state index is 13.1. The SMILES string of the molecule is CNc1nc(Nc2ccc(C(=O)N3CCN(C4CCNCC4)CC3)cc2OC)ncc1Cl. The maximum Gasteiger partial charge on any atom is 0.254 e. The van der Waals surface area contributed by atoms with Gasteiger partial charge in [0.2, 0.25) is 5.95 Å². The molecule has 2 aliphatic heterocycles. The number of nitrogens with one attached hydrogen (secondary N) is 3. The van der Waals surface area contributed by atoms with Crippen LogP contribution in [-0.4, -0.2) is 85.1 Å². The number of methoxy groups -OCH3 is 1. The summed E-state index contributed by atoms with van der Waals surface area (Å²) in [6, 6.07) is 6.02. The van der Waals surface area contributed by atoms with Crippen LogP contribution in [-0.2, 0) is 0 Å². The van der Waals surface area contributed by atoms with Gasteiger partial charge in [0.25, 0.3) is 5.91 Å². The predicted molar refractivity (Wildman–Crippen MR) is 126 cm³/mol. The maximum atomic E-state index is 13.1. The number of benzene rings is 1. The van der Waals surface area contributed by atoms with Crippen LogP contribution in [0, 0.1) is 0 Å². The molecule has 172 valence electrons. The largest absolute Gasteiger partial charge is 0.495 e. The van der Waals surface area contributed by atoms with E-state index in [1.807, 2.05) is 11.0 Å². The highest BCUT2D eigenvalue weighted by molar-refractivity contribution is 6.32. The van der Waals surface area contributed by atoms with Gasteiger partial charge in [0, 0.05) is 44.8 Å². The second-order valence-corrected chi connectivity index (χ2v) is 8.40. The summed E-state index contributed by atoms with van der Waals surface area (Å²) in [5.74, 6) is 1.48. The molecule has 2 aliphatic rings. The van der Waals surface area contributed by atoms with E-state index in [2.05, 4.69) is 30.8 Å². The molecule has 0 bridgehead atoms. The van der Waals surface area contributed by atoms with E-state index in [1.165, 1.54) is 19.0 Å². The molecule has 32 heavy (non-hydrogen) atoms. The zero-order valence-electron chi connectivity index (χ0n) is 18.5. The number of piperidine rings is 1. The molecular weight excluding hydrogens is 430 g/mol. The average Bonchev–Trinajstić information content (AvgIpc) is 2.85. The van der Waals surface area contributed by atoms with Crippen molar-refractivity contribution in [2.45, 2.75) is 18.9 Å². The number of piperazine rings is 1. The number of anilines is 3. The van der Waals surface area contributed by atoms with Crippen molar-refractivity contribution in [3.05, 3.63) is 35.0 Å². The molecule has 0 saturated carbocycles. The van der Waals surface area contributed by atoms with Crippen LogP contribution in [0.4, 0.5) is 17.5 Å². The number of nitrogens with zero attached hydrogens (tertiary/aromatic N) is 4. The fourth-order valence-electron chi connectivity index (χ4n) is 4.30. The second-order valence-electron chi connectivity index (χ2n) is 7.99. The summed E-state index contributed by atoms with van der Waals surface area (Å²) in [6.07, 6.45) is 3.90. The van der Waals surface area contributed by atoms with Gasteiger partial charge in [0.05, 0.1) is 19.0 Å². The number of ether oxygens (including phenoxy) is 1. The molecule has 4 rings (SSSR count). The zero-order chi connectivity index (χ0) is 22.5. The van der Waals surface area contributed by atoms with Gasteiger partial charge in [0.1, 0.15) is 16.6 Å². The number of rotatable bonds is 6. The Kier molecular flexibility index (Phi) is 7.29. The topological polar surface area (TPSA) is 94.7 Å². The summed E-state index contributed by atoms with van der Waals surface area (Å²) in [5, 5.41) is 9.91. The van der Waals surface area contributed by atoms with Crippen molar-refractivity contribution in [1.82, 2.24) is 25.1 Å². The van der Waals surface area contributed by atoms with E-state index < -0.39 is 0 Å². The summed E-state index contributed by atoms with van der Waals surface area (Å²) >= 11 is 6.05. The fourth-order valence-corrected chi connectivity index (χ4v) is 4.48. The van der Waals surface area contributed by atoms with Gasteiger partial charge in [-0.2, -0.15) is 4.98 Å². The molecule has 2 fully saturated rings. The number of aromatic nitrogens is 2. The third kappa shape index (κ3) is 5.06. The first-order valence-corrected chi connectivity index (χ1v) is 11.4. The summed E-state index contributed by atoms with van der Waals surface area (Å²) in [4.78, 5) is 26.1. The van der Waals surface area contributed by atoms with Crippen molar-refractivity contribution in [2.24, 2.45) is 0 Å². The molecule has 0 unspecified atom stereocenters. The van der Waals surface area contributed by atoms with E-state index in [-0.39, 0.29) is 5.91 Å². The first kappa shape index (κ1) is 22.6. The molecule has 1 aromatic carbocycles. The summed E-state index contributed by atoms with van der Waals surface area (Å²) < 4.78 is 5.53. The third-order valence-electron chi connectivity index (χ3n) is 6.10. The van der Waals surface area contributed by atoms with Crippen molar-refractivity contribution in [1.29, 1.82) is 0 Å². The second kappa shape index (κ2) is 10.3. The molecule has 0 radical (unpaired) electrons. The molecule has 9 nitrogen and oxygen atoms in total. The molecule has 0 aliphatic carbocycles. The quantitative estimate of drug-likeness (QED) is 0.606. The summed E-state index contributed by atoms with van der Waals surface area (Å²) in [5.41, 5.74) is 1.28. The lowest BCUT2D eigenvalue weighted by Gasteiger charge is -2.40. The van der Waals surface area contributed by atoms with Crippen LogP contribution >= 0.6 is 11.6 Å². The Balaban J connectivity index is 1.41. The van der Waals surface area contributed by atoms with Gasteiger partial charge in [-0.1, -0.05) is 11.6 Å². The Labute approximate surface area is 193 Å². The van der Waals surface area contributed by atoms with Crippen LogP contribution in [0.15, 0.2) is 24.4 Å². The highest BCUT2D eigenvalue weighted by Crippen LogP contribution is 2.29. The average molecular weight is 460 g/mol. The third-order valence-corrected chi connectivity index (χ3v) is 6.38. The summed E-state index contributed by atoms with van der Waals surface area (Å²) in [7, 11) is 3.32. The van der Waals surface area contributed by atoms with Crippen LogP contribution in [0.3, 0.4) is 0 Å². The number of hydrogen-bond donors (Lipinski definition) is 3. The molecule has 2 saturated heterocycles. The molecule has 2 aromatic rings. The van der Waals surface area contributed by atoms with Gasteiger partial charge in [-0.25, -0.2) is 4.98 Å². The van der Waals surface area contributed by atoms with Gasteiger partial charge in [-0.05, 0) is 44.1 Å². The van der Waals surface area contributed by atoms with Gasteiger partial charge in [-0.15, -0.1) is 0 Å². The van der Waals surface area contributed by atoms with Crippen molar-refractivity contribution < 1.29 is 9.53 Å². The molecule has 1 amide bonds. The molecule has 3 heterocycles. The van der Waals surface area contributed by atoms with E-state index in [4.69, 9.17) is 16.3 Å². The smallest absolute Gasteiger partial charge is 0.254 e. The van der Waals surface area contributed by atoms with Gasteiger partial charge in [-0.3, -0.25) is 9.69 Å². The van der Waals surface area contributed by atoms with Crippen LogP contribution in [0.2, 0.25) is 5.02 Å². The lowest BCUT2D eigenvalue weighted by atomic mass is 10.0. The van der Waals surface area contributed by atoms with Crippen molar-refractivity contribution in [3.8, 4) is 5.75 Å². The Morgan fingerprint density at radius 2 is 1.97 bits per heavy atom. The molecule has 0 atom stereocenters. The van der Waals surface area contributed by atoms with E-state index in [0.717, 1.165) is 39.3 Å². The summed E-state index contributed by atoms with van der Waals surface area (Å²) in [6.45, 7) is 5.51. The highest BCUT2D eigenvalue weighted by Gasteiger charge is 2.27. The number of carbonyl (C=O) groups is 1.